The van der Waals surface area contributed by atoms with Crippen LogP contribution in [0.15, 0.2) is 24.3 Å². The molecule has 0 bridgehead atoms. The van der Waals surface area contributed by atoms with Crippen molar-refractivity contribution in [2.75, 3.05) is 25.1 Å². The van der Waals surface area contributed by atoms with Crippen molar-refractivity contribution in [2.45, 2.75) is 42.9 Å². The molecule has 2 heterocycles. The van der Waals surface area contributed by atoms with Gasteiger partial charge in [-0.1, -0.05) is 30.1 Å². The summed E-state index contributed by atoms with van der Waals surface area (Å²) in [7, 11) is 0. The van der Waals surface area contributed by atoms with E-state index in [-0.39, 0.29) is 17.7 Å². The Kier molecular flexibility index (Phi) is 5.81. The van der Waals surface area contributed by atoms with Crippen LogP contribution in [-0.2, 0) is 4.79 Å². The Labute approximate surface area is 164 Å². The first-order valence-corrected chi connectivity index (χ1v) is 11.9. The van der Waals surface area contributed by atoms with Gasteiger partial charge in [-0.15, -0.1) is 0 Å². The molecule has 1 aromatic rings. The zero-order valence-electron chi connectivity index (χ0n) is 15.2. The van der Waals surface area contributed by atoms with Crippen molar-refractivity contribution in [3.63, 3.8) is 0 Å². The summed E-state index contributed by atoms with van der Waals surface area (Å²) in [6, 6.07) is 7.60. The maximum Gasteiger partial charge on any atom is 0.226 e. The maximum absolute atomic E-state index is 14.3. The van der Waals surface area contributed by atoms with E-state index in [2.05, 4.69) is 9.62 Å². The van der Waals surface area contributed by atoms with Gasteiger partial charge in [0.2, 0.25) is 5.91 Å². The zero-order chi connectivity index (χ0) is 18.1. The molecule has 1 aliphatic carbocycles. The Morgan fingerprint density at radius 3 is 3.00 bits per heavy atom. The van der Waals surface area contributed by atoms with Crippen molar-refractivity contribution in [2.24, 2.45) is 11.8 Å². The number of halogens is 1. The molecule has 1 saturated carbocycles. The normalized spacial score (nSPS) is 34.1. The lowest BCUT2D eigenvalue weighted by atomic mass is 9.90. The molecule has 0 aromatic heterocycles. The van der Waals surface area contributed by atoms with Gasteiger partial charge in [0.25, 0.3) is 0 Å². The van der Waals surface area contributed by atoms with Crippen molar-refractivity contribution < 1.29 is 9.18 Å². The van der Waals surface area contributed by atoms with Crippen LogP contribution < -0.4 is 4.72 Å². The highest BCUT2D eigenvalue weighted by molar-refractivity contribution is 8.00. The average Bonchev–Trinajstić information content (AvgIpc) is 3.30. The van der Waals surface area contributed by atoms with E-state index in [1.807, 2.05) is 30.2 Å². The standard InChI is InChI=1S/C20H27FN2OS2/c1-25-22-13-5-4-9-23(12-13)20(24)17-11-16(17)19-15(8-10-26-19)14-6-2-3-7-18(14)21/h2-3,6-7,13,15-17,19,22H,4-5,8-12H2,1H3. The van der Waals surface area contributed by atoms with Gasteiger partial charge in [0.15, 0.2) is 0 Å². The molecule has 1 aromatic carbocycles. The van der Waals surface area contributed by atoms with Gasteiger partial charge in [-0.05, 0) is 61.2 Å². The van der Waals surface area contributed by atoms with E-state index in [0.29, 0.717) is 23.1 Å². The Morgan fingerprint density at radius 1 is 1.35 bits per heavy atom. The predicted molar refractivity (Wildman–Crippen MR) is 108 cm³/mol. The fourth-order valence-electron chi connectivity index (χ4n) is 4.68. The summed E-state index contributed by atoms with van der Waals surface area (Å²) in [5.41, 5.74) is 0.850. The lowest BCUT2D eigenvalue weighted by Gasteiger charge is -2.33. The molecule has 2 aliphatic heterocycles. The van der Waals surface area contributed by atoms with Crippen LogP contribution >= 0.6 is 23.7 Å². The predicted octanol–water partition coefficient (Wildman–Crippen LogP) is 3.91. The second-order valence-corrected chi connectivity index (χ2v) is 9.63. The number of nitrogens with one attached hydrogen (secondary N) is 1. The largest absolute Gasteiger partial charge is 0.341 e. The van der Waals surface area contributed by atoms with Gasteiger partial charge in [0.05, 0.1) is 0 Å². The molecule has 2 saturated heterocycles. The zero-order valence-corrected chi connectivity index (χ0v) is 16.8. The number of carbonyl (C=O) groups is 1. The first-order chi connectivity index (χ1) is 12.7. The summed E-state index contributed by atoms with van der Waals surface area (Å²) in [5.74, 6) is 2.17. The van der Waals surface area contributed by atoms with Crippen molar-refractivity contribution in [3.05, 3.63) is 35.6 Å². The van der Waals surface area contributed by atoms with Gasteiger partial charge >= 0.3 is 0 Å². The van der Waals surface area contributed by atoms with Gasteiger partial charge in [0.1, 0.15) is 5.82 Å². The molecule has 3 fully saturated rings. The van der Waals surface area contributed by atoms with Crippen LogP contribution in [0.2, 0.25) is 0 Å². The van der Waals surface area contributed by atoms with E-state index < -0.39 is 0 Å². The van der Waals surface area contributed by atoms with E-state index in [9.17, 15) is 9.18 Å². The van der Waals surface area contributed by atoms with Crippen LogP contribution in [0.1, 0.15) is 37.2 Å². The number of hydrogen-bond acceptors (Lipinski definition) is 4. The third-order valence-corrected chi connectivity index (χ3v) is 8.14. The van der Waals surface area contributed by atoms with Crippen LogP contribution in [0.4, 0.5) is 4.39 Å². The minimum atomic E-state index is -0.0875. The third-order valence-electron chi connectivity index (χ3n) is 6.04. The van der Waals surface area contributed by atoms with Crippen LogP contribution in [0, 0.1) is 17.7 Å². The number of thioether (sulfide) groups is 1. The molecule has 1 amide bonds. The van der Waals surface area contributed by atoms with E-state index in [1.165, 1.54) is 0 Å². The molecule has 0 radical (unpaired) electrons. The van der Waals surface area contributed by atoms with E-state index in [1.54, 1.807) is 24.1 Å². The van der Waals surface area contributed by atoms with E-state index in [4.69, 9.17) is 0 Å². The highest BCUT2D eigenvalue weighted by atomic mass is 32.2. The van der Waals surface area contributed by atoms with E-state index in [0.717, 1.165) is 50.1 Å². The van der Waals surface area contributed by atoms with Gasteiger partial charge in [-0.25, -0.2) is 4.39 Å². The van der Waals surface area contributed by atoms with Crippen molar-refractivity contribution in [1.82, 2.24) is 9.62 Å². The second kappa shape index (κ2) is 8.11. The summed E-state index contributed by atoms with van der Waals surface area (Å²) in [4.78, 5) is 15.1. The molecule has 5 unspecified atom stereocenters. The van der Waals surface area contributed by atoms with Crippen LogP contribution in [0.5, 0.6) is 0 Å². The monoisotopic (exact) mass is 394 g/mol. The highest BCUT2D eigenvalue weighted by Gasteiger charge is 2.53. The molecule has 6 heteroatoms. The number of benzene rings is 1. The minimum absolute atomic E-state index is 0.0875. The van der Waals surface area contributed by atoms with E-state index >= 15 is 0 Å². The number of piperidine rings is 1. The molecular weight excluding hydrogens is 367 g/mol. The fraction of sp³-hybridized carbons (Fsp3) is 0.650. The molecule has 5 atom stereocenters. The third kappa shape index (κ3) is 3.78. The molecule has 3 aliphatic rings. The Morgan fingerprint density at radius 2 is 2.19 bits per heavy atom. The summed E-state index contributed by atoms with van der Waals surface area (Å²) >= 11 is 3.59. The lowest BCUT2D eigenvalue weighted by Crippen LogP contribution is -2.47. The first-order valence-electron chi connectivity index (χ1n) is 9.62. The quantitative estimate of drug-likeness (QED) is 0.768. The number of hydrogen-bond donors (Lipinski definition) is 1. The van der Waals surface area contributed by atoms with Crippen LogP contribution in [0.25, 0.3) is 0 Å². The van der Waals surface area contributed by atoms with Gasteiger partial charge in [-0.2, -0.15) is 11.8 Å². The SMILES string of the molecule is CSNC1CCCN(C(=O)C2CC2C2SCCC2c2ccccc2F)C1. The van der Waals surface area contributed by atoms with Crippen LogP contribution in [0.3, 0.4) is 0 Å². The number of nitrogens with zero attached hydrogens (tertiary/aromatic N) is 1. The Hall–Kier alpha value is -0.720. The van der Waals surface area contributed by atoms with Crippen molar-refractivity contribution in [3.8, 4) is 0 Å². The molecule has 0 spiro atoms. The summed E-state index contributed by atoms with van der Waals surface area (Å²) in [6.45, 7) is 1.72. The Bertz CT molecular complexity index is 656. The number of carbonyl (C=O) groups excluding carboxylic acids is 1. The molecule has 142 valence electrons. The van der Waals surface area contributed by atoms with Crippen molar-refractivity contribution >= 4 is 29.6 Å². The van der Waals surface area contributed by atoms with Gasteiger partial charge < -0.3 is 4.90 Å². The lowest BCUT2D eigenvalue weighted by molar-refractivity contribution is -0.134. The fourth-order valence-corrected chi connectivity index (χ4v) is 6.93. The number of amides is 1. The highest BCUT2D eigenvalue weighted by Crippen LogP contribution is 2.55. The summed E-state index contributed by atoms with van der Waals surface area (Å²) in [5, 5.41) is 0.394. The first kappa shape index (κ1) is 18.6. The topological polar surface area (TPSA) is 32.3 Å². The number of rotatable bonds is 5. The Balaban J connectivity index is 1.40. The van der Waals surface area contributed by atoms with Crippen molar-refractivity contribution in [1.29, 1.82) is 0 Å². The molecule has 3 nitrogen and oxygen atoms in total. The molecule has 1 N–H and O–H groups in total. The van der Waals surface area contributed by atoms with Crippen LogP contribution in [-0.4, -0.2) is 47.2 Å². The number of likely N-dealkylation sites (tertiary alicyclic amines) is 1. The molecule has 26 heavy (non-hydrogen) atoms. The average molecular weight is 395 g/mol. The summed E-state index contributed by atoms with van der Waals surface area (Å²) in [6.07, 6.45) is 6.28. The minimum Gasteiger partial charge on any atom is -0.341 e. The summed E-state index contributed by atoms with van der Waals surface area (Å²) < 4.78 is 17.7. The smallest absolute Gasteiger partial charge is 0.226 e. The van der Waals surface area contributed by atoms with Gasteiger partial charge in [0, 0.05) is 30.3 Å². The van der Waals surface area contributed by atoms with Gasteiger partial charge in [-0.3, -0.25) is 9.52 Å². The second-order valence-electron chi connectivity index (χ2n) is 7.70. The molecular formula is C20H27FN2OS2. The maximum atomic E-state index is 14.3. The molecule has 4 rings (SSSR count).